The predicted molar refractivity (Wildman–Crippen MR) is 137 cm³/mol. The molecular formula is C24H28F5N5O6S. The Morgan fingerprint density at radius 2 is 2.00 bits per heavy atom. The fourth-order valence-electron chi connectivity index (χ4n) is 4.75. The maximum Gasteiger partial charge on any atom is 0.417 e. The van der Waals surface area contributed by atoms with Gasteiger partial charge in [-0.05, 0) is 43.9 Å². The van der Waals surface area contributed by atoms with Gasteiger partial charge in [0.05, 0.1) is 29.3 Å². The zero-order valence-corrected chi connectivity index (χ0v) is 22.5. The fraction of sp³-hybridized carbons (Fsp3) is 0.542. The number of alkyl halides is 5. The van der Waals surface area contributed by atoms with Crippen molar-refractivity contribution in [3.05, 3.63) is 35.5 Å². The first kappa shape index (κ1) is 30.6. The van der Waals surface area contributed by atoms with E-state index in [-0.39, 0.29) is 53.9 Å². The molecule has 4 rings (SSSR count). The van der Waals surface area contributed by atoms with Gasteiger partial charge in [-0.2, -0.15) is 18.2 Å². The smallest absolute Gasteiger partial charge is 0.417 e. The number of aliphatic hydroxyl groups excluding tert-OH is 2. The number of anilines is 3. The fourth-order valence-corrected chi connectivity index (χ4v) is 5.58. The summed E-state index contributed by atoms with van der Waals surface area (Å²) in [6.45, 7) is 0.0746. The third-order valence-electron chi connectivity index (χ3n) is 7.04. The molecule has 11 nitrogen and oxygen atoms in total. The van der Waals surface area contributed by atoms with Gasteiger partial charge in [-0.1, -0.05) is 0 Å². The van der Waals surface area contributed by atoms with Crippen LogP contribution in [0.4, 0.5) is 39.1 Å². The number of hydrogen-bond donors (Lipinski definition) is 4. The number of carbonyl (C=O) groups is 1. The van der Waals surface area contributed by atoms with E-state index in [0.717, 1.165) is 0 Å². The number of carbonyl (C=O) groups excluding carboxylic acids is 1. The molecule has 2 fully saturated rings. The Hall–Kier alpha value is -3.31. The minimum absolute atomic E-state index is 0.0477. The SMILES string of the molecule is Cc1cc(NC(=O)c2ccc(NS(=O)(=O)CCO)cc2N2CC[C@]3(C(F)F)C[C@@H]3C2)nc(OC[C@@H](O)C(F)(F)F)n1. The zero-order chi connectivity index (χ0) is 30.2. The highest BCUT2D eigenvalue weighted by atomic mass is 32.2. The number of sulfonamides is 1. The van der Waals surface area contributed by atoms with Crippen LogP contribution in [0.25, 0.3) is 0 Å². The number of piperidine rings is 1. The van der Waals surface area contributed by atoms with Crippen LogP contribution >= 0.6 is 0 Å². The van der Waals surface area contributed by atoms with Crippen LogP contribution in [-0.4, -0.2) is 85.3 Å². The second-order valence-electron chi connectivity index (χ2n) is 10.0. The molecule has 4 N–H and O–H groups in total. The lowest BCUT2D eigenvalue weighted by Gasteiger charge is -2.34. The molecule has 2 heterocycles. The Morgan fingerprint density at radius 3 is 2.63 bits per heavy atom. The Labute approximate surface area is 231 Å². The van der Waals surface area contributed by atoms with E-state index in [1.54, 1.807) is 4.90 Å². The van der Waals surface area contributed by atoms with Crippen molar-refractivity contribution >= 4 is 33.1 Å². The lowest BCUT2D eigenvalue weighted by molar-refractivity contribution is -0.211. The summed E-state index contributed by atoms with van der Waals surface area (Å²) in [5.74, 6) is -1.73. The molecule has 0 unspecified atom stereocenters. The van der Waals surface area contributed by atoms with E-state index in [0.29, 0.717) is 6.42 Å². The molecule has 0 bridgehead atoms. The minimum atomic E-state index is -4.92. The average Bonchev–Trinajstić information content (AvgIpc) is 3.61. The Balaban J connectivity index is 1.58. The first-order valence-electron chi connectivity index (χ1n) is 12.5. The quantitative estimate of drug-likeness (QED) is 0.282. The van der Waals surface area contributed by atoms with E-state index in [4.69, 9.17) is 14.9 Å². The first-order chi connectivity index (χ1) is 19.1. The van der Waals surface area contributed by atoms with E-state index < -0.39 is 65.0 Å². The molecule has 17 heteroatoms. The lowest BCUT2D eigenvalue weighted by atomic mass is 9.95. The number of aromatic nitrogens is 2. The number of nitrogens with zero attached hydrogens (tertiary/aromatic N) is 3. The molecule has 1 aliphatic heterocycles. The summed E-state index contributed by atoms with van der Waals surface area (Å²) in [7, 11) is -3.91. The van der Waals surface area contributed by atoms with Gasteiger partial charge in [0.15, 0.2) is 6.10 Å². The van der Waals surface area contributed by atoms with Crippen LogP contribution in [0, 0.1) is 18.3 Å². The second-order valence-corrected chi connectivity index (χ2v) is 11.8. The van der Waals surface area contributed by atoms with E-state index in [2.05, 4.69) is 20.0 Å². The highest BCUT2D eigenvalue weighted by molar-refractivity contribution is 7.92. The van der Waals surface area contributed by atoms with Crippen LogP contribution in [0.3, 0.4) is 0 Å². The van der Waals surface area contributed by atoms with Crippen LogP contribution in [-0.2, 0) is 10.0 Å². The number of hydrogen-bond acceptors (Lipinski definition) is 9. The van der Waals surface area contributed by atoms with Gasteiger partial charge in [0.25, 0.3) is 5.91 Å². The van der Waals surface area contributed by atoms with Crippen molar-refractivity contribution in [2.24, 2.45) is 11.3 Å². The highest BCUT2D eigenvalue weighted by Gasteiger charge is 2.62. The van der Waals surface area contributed by atoms with Gasteiger partial charge in [-0.3, -0.25) is 9.52 Å². The maximum atomic E-state index is 13.6. The number of fused-ring (bicyclic) bond motifs is 1. The number of aryl methyl sites for hydroxylation is 1. The molecule has 1 aromatic carbocycles. The van der Waals surface area contributed by atoms with Crippen LogP contribution in [0.15, 0.2) is 24.3 Å². The monoisotopic (exact) mass is 609 g/mol. The third-order valence-corrected chi connectivity index (χ3v) is 8.31. The Bertz CT molecular complexity index is 1400. The molecule has 1 aliphatic carbocycles. The lowest BCUT2D eigenvalue weighted by Crippen LogP contribution is -2.38. The molecule has 1 aromatic heterocycles. The van der Waals surface area contributed by atoms with Gasteiger partial charge < -0.3 is 25.2 Å². The van der Waals surface area contributed by atoms with Crippen molar-refractivity contribution in [3.8, 4) is 6.01 Å². The van der Waals surface area contributed by atoms with Crippen molar-refractivity contribution in [2.75, 3.05) is 47.0 Å². The molecular weight excluding hydrogens is 581 g/mol. The van der Waals surface area contributed by atoms with Gasteiger partial charge in [0.2, 0.25) is 16.4 Å². The number of aliphatic hydroxyl groups is 2. The van der Waals surface area contributed by atoms with E-state index in [1.807, 2.05) is 0 Å². The number of ether oxygens (including phenoxy) is 1. The summed E-state index contributed by atoms with van der Waals surface area (Å²) in [5, 5.41) is 20.7. The molecule has 1 saturated heterocycles. The molecule has 2 aliphatic rings. The largest absolute Gasteiger partial charge is 0.460 e. The Morgan fingerprint density at radius 1 is 1.27 bits per heavy atom. The highest BCUT2D eigenvalue weighted by Crippen LogP contribution is 2.61. The van der Waals surface area contributed by atoms with E-state index in [9.17, 15) is 35.2 Å². The number of nitrogens with one attached hydrogen (secondary N) is 2. The van der Waals surface area contributed by atoms with Crippen molar-refractivity contribution < 1.29 is 50.1 Å². The molecule has 41 heavy (non-hydrogen) atoms. The number of amides is 1. The molecule has 0 spiro atoms. The summed E-state index contributed by atoms with van der Waals surface area (Å²) in [6, 6.07) is 4.83. The van der Waals surface area contributed by atoms with Crippen molar-refractivity contribution in [2.45, 2.75) is 38.5 Å². The van der Waals surface area contributed by atoms with Gasteiger partial charge in [0.1, 0.15) is 12.4 Å². The predicted octanol–water partition coefficient (Wildman–Crippen LogP) is 2.55. The molecule has 2 aromatic rings. The summed E-state index contributed by atoms with van der Waals surface area (Å²) < 4.78 is 96.5. The molecule has 1 saturated carbocycles. The van der Waals surface area contributed by atoms with Gasteiger partial charge in [0, 0.05) is 30.3 Å². The van der Waals surface area contributed by atoms with Crippen molar-refractivity contribution in [1.82, 2.24) is 9.97 Å². The van der Waals surface area contributed by atoms with E-state index >= 15 is 0 Å². The normalized spacial score (nSPS) is 21.3. The van der Waals surface area contributed by atoms with Gasteiger partial charge in [-0.25, -0.2) is 22.2 Å². The van der Waals surface area contributed by atoms with Crippen LogP contribution in [0.1, 0.15) is 28.9 Å². The number of rotatable bonds is 11. The number of benzene rings is 1. The summed E-state index contributed by atoms with van der Waals surface area (Å²) >= 11 is 0. The first-order valence-corrected chi connectivity index (χ1v) is 14.1. The average molecular weight is 610 g/mol. The topological polar surface area (TPSA) is 154 Å². The second kappa shape index (κ2) is 11.5. The third kappa shape index (κ3) is 7.13. The maximum absolute atomic E-state index is 13.6. The van der Waals surface area contributed by atoms with Crippen LogP contribution in [0.2, 0.25) is 0 Å². The minimum Gasteiger partial charge on any atom is -0.460 e. The molecule has 0 radical (unpaired) electrons. The van der Waals surface area contributed by atoms with Crippen LogP contribution < -0.4 is 19.7 Å². The van der Waals surface area contributed by atoms with Gasteiger partial charge >= 0.3 is 12.2 Å². The standard InChI is InChI=1S/C24H28F5N5O6S/c1-13-8-19(32-22(30-13)40-12-18(36)24(27,28)29)31-20(37)16-3-2-15(33-41(38,39)7-6-35)9-17(16)34-5-4-23(21(25)26)10-14(23)11-34/h2-3,8-9,14,18,21,33,35-36H,4-7,10-12H2,1H3,(H,30,31,32,37)/t14-,18-,23+/m1/s1. The number of halogens is 5. The van der Waals surface area contributed by atoms with E-state index in [1.165, 1.54) is 31.2 Å². The molecule has 1 amide bonds. The van der Waals surface area contributed by atoms with Crippen molar-refractivity contribution in [3.63, 3.8) is 0 Å². The van der Waals surface area contributed by atoms with Crippen LogP contribution in [0.5, 0.6) is 6.01 Å². The summed E-state index contributed by atoms with van der Waals surface area (Å²) in [4.78, 5) is 22.8. The van der Waals surface area contributed by atoms with Gasteiger partial charge in [-0.15, -0.1) is 0 Å². The molecule has 226 valence electrons. The zero-order valence-electron chi connectivity index (χ0n) is 21.7. The molecule has 3 atom stereocenters. The Kier molecular flexibility index (Phi) is 8.61. The summed E-state index contributed by atoms with van der Waals surface area (Å²) in [6.07, 6.45) is -9.67. The van der Waals surface area contributed by atoms with Crippen molar-refractivity contribution in [1.29, 1.82) is 0 Å². The summed E-state index contributed by atoms with van der Waals surface area (Å²) in [5.41, 5.74) is -0.436.